The quantitative estimate of drug-likeness (QED) is 0.480. The Hall–Kier alpha value is -0.0000000000000000416. The van der Waals surface area contributed by atoms with E-state index in [0.29, 0.717) is 6.55 Å². The van der Waals surface area contributed by atoms with Crippen LogP contribution in [0.25, 0.3) is 0 Å². The van der Waals surface area contributed by atoms with E-state index >= 15 is 0 Å². The fourth-order valence-corrected chi connectivity index (χ4v) is 1.78. The van der Waals surface area contributed by atoms with E-state index in [9.17, 15) is 9.13 Å². The molecule has 0 saturated carbocycles. The second kappa shape index (κ2) is 5.19. The lowest BCUT2D eigenvalue weighted by Gasteiger charge is -2.11. The smallest absolute Gasteiger partial charge is 0.302 e. The van der Waals surface area contributed by atoms with Gasteiger partial charge in [-0.3, -0.25) is 4.52 Å². The zero-order chi connectivity index (χ0) is 16.4. The molecular formula is C5H12O7P2. The summed E-state index contributed by atoms with van der Waals surface area (Å²) >= 11 is 0. The SMILES string of the molecule is [2H]C=C(CC([2H])([2H])OP(=O)(O)OP(=O)(O)O)C([2H])([2H])[2H]. The molecule has 0 amide bonds. The first-order valence-electron chi connectivity index (χ1n) is 6.04. The van der Waals surface area contributed by atoms with E-state index in [-0.39, 0.29) is 0 Å². The molecule has 0 bridgehead atoms. The van der Waals surface area contributed by atoms with Crippen LogP contribution in [0.15, 0.2) is 12.1 Å². The molecule has 0 aromatic carbocycles. The van der Waals surface area contributed by atoms with Crippen molar-refractivity contribution < 1.29 is 40.9 Å². The van der Waals surface area contributed by atoms with Crippen LogP contribution in [0.4, 0.5) is 0 Å². The maximum absolute atomic E-state index is 11.1. The average molecular weight is 252 g/mol. The maximum atomic E-state index is 11.1. The van der Waals surface area contributed by atoms with Gasteiger partial charge in [-0.1, -0.05) is 5.57 Å². The number of hydrogen-bond donors (Lipinski definition) is 3. The highest BCUT2D eigenvalue weighted by molar-refractivity contribution is 7.60. The first-order chi connectivity index (χ1) is 8.58. The summed E-state index contributed by atoms with van der Waals surface area (Å²) in [4.78, 5) is 25.6. The summed E-state index contributed by atoms with van der Waals surface area (Å²) in [5.41, 5.74) is -0.723. The van der Waals surface area contributed by atoms with Gasteiger partial charge in [0.2, 0.25) is 0 Å². The van der Waals surface area contributed by atoms with E-state index in [4.69, 9.17) is 22.9 Å². The van der Waals surface area contributed by atoms with E-state index in [1.807, 2.05) is 0 Å². The molecule has 0 spiro atoms. The third-order valence-corrected chi connectivity index (χ3v) is 2.69. The van der Waals surface area contributed by atoms with E-state index in [1.54, 1.807) is 0 Å². The fraction of sp³-hybridized carbons (Fsp3) is 0.600. The minimum absolute atomic E-state index is 0.334. The van der Waals surface area contributed by atoms with Gasteiger partial charge in [-0.2, -0.15) is 4.31 Å². The van der Waals surface area contributed by atoms with Gasteiger partial charge in [-0.15, -0.1) is 6.55 Å². The molecule has 0 aromatic rings. The van der Waals surface area contributed by atoms with Crippen molar-refractivity contribution in [2.24, 2.45) is 0 Å². The Morgan fingerprint density at radius 2 is 2.29 bits per heavy atom. The van der Waals surface area contributed by atoms with Crippen LogP contribution in [0.1, 0.15) is 21.5 Å². The molecule has 0 heterocycles. The van der Waals surface area contributed by atoms with E-state index in [0.717, 1.165) is 0 Å². The molecule has 14 heavy (non-hydrogen) atoms. The van der Waals surface area contributed by atoms with Crippen molar-refractivity contribution in [3.05, 3.63) is 12.1 Å². The van der Waals surface area contributed by atoms with Crippen LogP contribution >= 0.6 is 15.6 Å². The summed E-state index contributed by atoms with van der Waals surface area (Å²) in [6, 6.07) is 0. The molecule has 0 aliphatic carbocycles. The summed E-state index contributed by atoms with van der Waals surface area (Å²) in [6.45, 7) is -5.59. The van der Waals surface area contributed by atoms with Crippen molar-refractivity contribution in [1.82, 2.24) is 0 Å². The lowest BCUT2D eigenvalue weighted by Crippen LogP contribution is -1.96. The minimum atomic E-state index is -5.46. The van der Waals surface area contributed by atoms with Gasteiger partial charge in [0.05, 0.1) is 10.7 Å². The molecular weight excluding hydrogens is 234 g/mol. The minimum Gasteiger partial charge on any atom is -0.302 e. The van der Waals surface area contributed by atoms with Crippen LogP contribution in [0, 0.1) is 0 Å². The normalized spacial score (nSPS) is 26.1. The Morgan fingerprint density at radius 3 is 2.71 bits per heavy atom. The summed E-state index contributed by atoms with van der Waals surface area (Å²) in [5.74, 6) is 0. The van der Waals surface area contributed by atoms with Crippen LogP contribution in [0.2, 0.25) is 0 Å². The van der Waals surface area contributed by atoms with Crippen LogP contribution in [-0.2, 0) is 18.0 Å². The van der Waals surface area contributed by atoms with Crippen molar-refractivity contribution in [1.29, 1.82) is 0 Å². The molecule has 0 aromatic heterocycles. The Labute approximate surface area is 89.6 Å². The van der Waals surface area contributed by atoms with Gasteiger partial charge in [0.15, 0.2) is 0 Å². The third-order valence-electron chi connectivity index (χ3n) is 0.652. The second-order valence-electron chi connectivity index (χ2n) is 1.98. The van der Waals surface area contributed by atoms with Gasteiger partial charge >= 0.3 is 15.6 Å². The zero-order valence-electron chi connectivity index (χ0n) is 12.7. The molecule has 1 unspecified atom stereocenters. The second-order valence-corrected chi connectivity index (χ2v) is 4.73. The zero-order valence-corrected chi connectivity index (χ0v) is 8.44. The van der Waals surface area contributed by atoms with Gasteiger partial charge in [-0.25, -0.2) is 9.13 Å². The monoisotopic (exact) mass is 252 g/mol. The van der Waals surface area contributed by atoms with E-state index in [2.05, 4.69) is 8.83 Å². The molecule has 0 aliphatic rings. The summed E-state index contributed by atoms with van der Waals surface area (Å²) in [6.07, 6.45) is -1.10. The number of phosphoric acid groups is 2. The highest BCUT2D eigenvalue weighted by Gasteiger charge is 2.31. The molecule has 0 aliphatic heterocycles. The number of rotatable bonds is 6. The predicted molar refractivity (Wildman–Crippen MR) is 48.3 cm³/mol. The fourth-order valence-electron chi connectivity index (χ4n) is 0.343. The van der Waals surface area contributed by atoms with Crippen LogP contribution in [-0.4, -0.2) is 21.2 Å². The number of phosphoric ester groups is 1. The van der Waals surface area contributed by atoms with Gasteiger partial charge in [-0.05, 0) is 13.3 Å². The summed E-state index contributed by atoms with van der Waals surface area (Å²) in [5, 5.41) is 0. The van der Waals surface area contributed by atoms with Crippen LogP contribution in [0.5, 0.6) is 0 Å². The lowest BCUT2D eigenvalue weighted by molar-refractivity contribution is 0.180. The lowest BCUT2D eigenvalue weighted by atomic mass is 10.3. The van der Waals surface area contributed by atoms with Crippen molar-refractivity contribution in [2.75, 3.05) is 6.56 Å². The van der Waals surface area contributed by atoms with Crippen molar-refractivity contribution in [3.8, 4) is 0 Å². The van der Waals surface area contributed by atoms with Gasteiger partial charge in [0.1, 0.15) is 0 Å². The molecule has 84 valence electrons. The first kappa shape index (κ1) is 6.55. The molecule has 0 fully saturated rings. The summed E-state index contributed by atoms with van der Waals surface area (Å²) < 4.78 is 71.0. The van der Waals surface area contributed by atoms with Crippen LogP contribution in [0.3, 0.4) is 0 Å². The highest BCUT2D eigenvalue weighted by Crippen LogP contribution is 2.57. The Morgan fingerprint density at radius 1 is 1.64 bits per heavy atom. The molecule has 0 radical (unpaired) electrons. The number of hydrogen-bond acceptors (Lipinski definition) is 4. The molecule has 0 rings (SSSR count). The van der Waals surface area contributed by atoms with Crippen molar-refractivity contribution >= 4 is 15.6 Å². The van der Waals surface area contributed by atoms with Gasteiger partial charge < -0.3 is 14.7 Å². The van der Waals surface area contributed by atoms with Crippen molar-refractivity contribution in [3.63, 3.8) is 0 Å². The maximum Gasteiger partial charge on any atom is 0.481 e. The van der Waals surface area contributed by atoms with E-state index in [1.165, 1.54) is 0 Å². The van der Waals surface area contributed by atoms with Crippen molar-refractivity contribution in [2.45, 2.75) is 13.3 Å². The Bertz CT molecular complexity index is 467. The molecule has 0 saturated heterocycles. The van der Waals surface area contributed by atoms with Gasteiger partial charge in [0, 0.05) is 4.11 Å². The first-order valence-corrected chi connectivity index (χ1v) is 5.99. The molecule has 1 atom stereocenters. The van der Waals surface area contributed by atoms with E-state index < -0.39 is 41.1 Å². The Balaban J connectivity index is 5.01. The standard InChI is InChI=1S/C5H12O7P2/c1-5(2)3-4-11-14(9,10)12-13(6,7)8/h1,3-4H2,2H3,(H,9,10)(H2,6,7,8)/i1D,2D3,4D2. The van der Waals surface area contributed by atoms with Gasteiger partial charge in [0.25, 0.3) is 0 Å². The Kier molecular flexibility index (Phi) is 2.43. The molecule has 9 heteroatoms. The average Bonchev–Trinajstić information content (AvgIpc) is 2.05. The third kappa shape index (κ3) is 8.59. The molecule has 3 N–H and O–H groups in total. The predicted octanol–water partition coefficient (Wildman–Crippen LogP) is 1.18. The van der Waals surface area contributed by atoms with Crippen LogP contribution < -0.4 is 0 Å². The topological polar surface area (TPSA) is 113 Å². The largest absolute Gasteiger partial charge is 0.481 e. The molecule has 7 nitrogen and oxygen atoms in total. The summed E-state index contributed by atoms with van der Waals surface area (Å²) in [7, 11) is -10.9. The highest BCUT2D eigenvalue weighted by atomic mass is 31.3.